The average molecular weight is 489 g/mol. The van der Waals surface area contributed by atoms with E-state index in [1.807, 2.05) is 85.1 Å². The molecule has 180 valence electrons. The van der Waals surface area contributed by atoms with Gasteiger partial charge in [0.15, 0.2) is 0 Å². The van der Waals surface area contributed by atoms with Gasteiger partial charge in [-0.05, 0) is 53.6 Å². The lowest BCUT2D eigenvalue weighted by Gasteiger charge is -2.38. The molecule has 1 fully saturated rings. The minimum atomic E-state index is -0.969. The Morgan fingerprint density at radius 3 is 2.14 bits per heavy atom. The number of para-hydroxylation sites is 1. The zero-order valence-corrected chi connectivity index (χ0v) is 20.3. The standard InChI is InChI=1S/C28H26N2O3S.H2O/c1-34(31)27-14-9-22(10-15-27)23-11-16-28(29-17-23)33-26-19-30(20-26)18-21-7-12-25(13-8-21)32-24-5-3-2-4-6-24;/h2-17,26H,18-20H2,1H3;1H2. The Morgan fingerprint density at radius 1 is 0.857 bits per heavy atom. The fourth-order valence-electron chi connectivity index (χ4n) is 3.90. The molecule has 0 spiro atoms. The van der Waals surface area contributed by atoms with Crippen molar-refractivity contribution in [3.63, 3.8) is 0 Å². The second-order valence-electron chi connectivity index (χ2n) is 8.36. The Bertz CT molecular complexity index is 1240. The zero-order chi connectivity index (χ0) is 23.3. The van der Waals surface area contributed by atoms with Crippen LogP contribution in [-0.2, 0) is 17.3 Å². The van der Waals surface area contributed by atoms with Crippen LogP contribution in [-0.4, -0.2) is 45.0 Å². The van der Waals surface area contributed by atoms with Crippen LogP contribution in [0.3, 0.4) is 0 Å². The second-order valence-corrected chi connectivity index (χ2v) is 9.74. The number of nitrogens with zero attached hydrogens (tertiary/aromatic N) is 2. The van der Waals surface area contributed by atoms with E-state index in [1.165, 1.54) is 5.56 Å². The van der Waals surface area contributed by atoms with E-state index in [1.54, 1.807) is 6.26 Å². The van der Waals surface area contributed by atoms with Crippen molar-refractivity contribution in [2.75, 3.05) is 19.3 Å². The van der Waals surface area contributed by atoms with Gasteiger partial charge in [0.25, 0.3) is 0 Å². The third-order valence-corrected chi connectivity index (χ3v) is 6.71. The lowest BCUT2D eigenvalue weighted by atomic mass is 10.1. The molecular formula is C28H28N2O4S. The van der Waals surface area contributed by atoms with Gasteiger partial charge in [0, 0.05) is 59.4 Å². The van der Waals surface area contributed by atoms with Crippen LogP contribution in [0.5, 0.6) is 17.4 Å². The molecule has 0 radical (unpaired) electrons. The first-order valence-corrected chi connectivity index (χ1v) is 12.8. The number of benzene rings is 3. The molecule has 1 unspecified atom stereocenters. The van der Waals surface area contributed by atoms with Gasteiger partial charge in [-0.1, -0.05) is 42.5 Å². The maximum absolute atomic E-state index is 11.5. The molecule has 3 aromatic carbocycles. The molecule has 2 heterocycles. The number of hydrogen-bond donors (Lipinski definition) is 0. The van der Waals surface area contributed by atoms with E-state index in [2.05, 4.69) is 22.0 Å². The fourth-order valence-corrected chi connectivity index (χ4v) is 4.42. The van der Waals surface area contributed by atoms with E-state index in [9.17, 15) is 4.21 Å². The van der Waals surface area contributed by atoms with Gasteiger partial charge in [0.1, 0.15) is 17.6 Å². The first-order chi connectivity index (χ1) is 16.6. The third kappa shape index (κ3) is 6.33. The van der Waals surface area contributed by atoms with Crippen molar-refractivity contribution in [2.24, 2.45) is 0 Å². The molecule has 1 atom stereocenters. The fraction of sp³-hybridized carbons (Fsp3) is 0.179. The van der Waals surface area contributed by atoms with Crippen LogP contribution in [0.4, 0.5) is 0 Å². The molecule has 1 aliphatic heterocycles. The van der Waals surface area contributed by atoms with Crippen molar-refractivity contribution >= 4 is 10.8 Å². The minimum Gasteiger partial charge on any atom is -0.472 e. The van der Waals surface area contributed by atoms with E-state index in [0.717, 1.165) is 47.2 Å². The molecular weight excluding hydrogens is 460 g/mol. The molecule has 1 aromatic heterocycles. The maximum atomic E-state index is 11.5. The van der Waals surface area contributed by atoms with Gasteiger partial charge in [-0.2, -0.15) is 0 Å². The Kier molecular flexibility index (Phi) is 7.92. The van der Waals surface area contributed by atoms with E-state index in [0.29, 0.717) is 5.88 Å². The number of rotatable bonds is 8. The van der Waals surface area contributed by atoms with Crippen molar-refractivity contribution in [3.05, 3.63) is 103 Å². The summed E-state index contributed by atoms with van der Waals surface area (Å²) in [6, 6.07) is 29.7. The molecule has 0 saturated carbocycles. The minimum absolute atomic E-state index is 0. The van der Waals surface area contributed by atoms with Gasteiger partial charge in [-0.3, -0.25) is 9.11 Å². The number of aromatic nitrogens is 1. The first-order valence-electron chi connectivity index (χ1n) is 11.2. The first kappa shape index (κ1) is 24.6. The Labute approximate surface area is 207 Å². The number of pyridine rings is 1. The van der Waals surface area contributed by atoms with Crippen LogP contribution in [0.15, 0.2) is 102 Å². The molecule has 35 heavy (non-hydrogen) atoms. The molecule has 2 N–H and O–H groups in total. The quantitative estimate of drug-likeness (QED) is 0.358. The molecule has 0 aliphatic carbocycles. The van der Waals surface area contributed by atoms with Crippen LogP contribution in [0.2, 0.25) is 0 Å². The topological polar surface area (TPSA) is 83.2 Å². The summed E-state index contributed by atoms with van der Waals surface area (Å²) < 4.78 is 23.4. The van der Waals surface area contributed by atoms with Gasteiger partial charge in [-0.25, -0.2) is 4.98 Å². The molecule has 1 saturated heterocycles. The summed E-state index contributed by atoms with van der Waals surface area (Å²) in [7, 11) is -0.969. The molecule has 6 nitrogen and oxygen atoms in total. The van der Waals surface area contributed by atoms with Crippen molar-refractivity contribution in [2.45, 2.75) is 17.5 Å². The molecule has 0 bridgehead atoms. The van der Waals surface area contributed by atoms with E-state index < -0.39 is 10.8 Å². The predicted molar refractivity (Wildman–Crippen MR) is 138 cm³/mol. The van der Waals surface area contributed by atoms with E-state index in [-0.39, 0.29) is 11.6 Å². The van der Waals surface area contributed by atoms with Crippen LogP contribution in [0.25, 0.3) is 11.1 Å². The summed E-state index contributed by atoms with van der Waals surface area (Å²) in [5, 5.41) is 0. The lowest BCUT2D eigenvalue weighted by Crippen LogP contribution is -2.53. The van der Waals surface area contributed by atoms with Crippen LogP contribution < -0.4 is 9.47 Å². The molecule has 7 heteroatoms. The highest BCUT2D eigenvalue weighted by Crippen LogP contribution is 2.25. The molecule has 0 amide bonds. The summed E-state index contributed by atoms with van der Waals surface area (Å²) in [5.74, 6) is 2.32. The summed E-state index contributed by atoms with van der Waals surface area (Å²) in [6.07, 6.45) is 3.66. The van der Waals surface area contributed by atoms with Crippen LogP contribution >= 0.6 is 0 Å². The molecule has 5 rings (SSSR count). The second kappa shape index (κ2) is 11.3. The summed E-state index contributed by atoms with van der Waals surface area (Å²) in [5.41, 5.74) is 3.30. The van der Waals surface area contributed by atoms with Crippen molar-refractivity contribution in [1.29, 1.82) is 0 Å². The van der Waals surface area contributed by atoms with Crippen molar-refractivity contribution in [1.82, 2.24) is 9.88 Å². The Balaban J connectivity index is 0.00000289. The predicted octanol–water partition coefficient (Wildman–Crippen LogP) is 4.72. The summed E-state index contributed by atoms with van der Waals surface area (Å²) in [4.78, 5) is 7.65. The SMILES string of the molecule is CS(=O)c1ccc(-c2ccc(OC3CN(Cc4ccc(Oc5ccccc5)cc4)C3)nc2)cc1.O. The highest BCUT2D eigenvalue weighted by atomic mass is 32.2. The Hall–Kier alpha value is -3.52. The van der Waals surface area contributed by atoms with Crippen LogP contribution in [0.1, 0.15) is 5.56 Å². The maximum Gasteiger partial charge on any atom is 0.213 e. The normalized spacial score (nSPS) is 14.4. The highest BCUT2D eigenvalue weighted by molar-refractivity contribution is 7.84. The number of hydrogen-bond acceptors (Lipinski definition) is 5. The zero-order valence-electron chi connectivity index (χ0n) is 19.5. The third-order valence-electron chi connectivity index (χ3n) is 5.78. The largest absolute Gasteiger partial charge is 0.472 e. The number of likely N-dealkylation sites (tertiary alicyclic amines) is 1. The highest BCUT2D eigenvalue weighted by Gasteiger charge is 2.28. The van der Waals surface area contributed by atoms with Gasteiger partial charge in [0.05, 0.1) is 0 Å². The van der Waals surface area contributed by atoms with Crippen molar-refractivity contribution < 1.29 is 19.2 Å². The molecule has 1 aliphatic rings. The van der Waals surface area contributed by atoms with E-state index >= 15 is 0 Å². The monoisotopic (exact) mass is 488 g/mol. The smallest absolute Gasteiger partial charge is 0.213 e. The summed E-state index contributed by atoms with van der Waals surface area (Å²) in [6.45, 7) is 2.64. The van der Waals surface area contributed by atoms with Crippen molar-refractivity contribution in [3.8, 4) is 28.5 Å². The lowest BCUT2D eigenvalue weighted by molar-refractivity contribution is 0.0118. The number of ether oxygens (including phenoxy) is 2. The Morgan fingerprint density at radius 2 is 1.51 bits per heavy atom. The van der Waals surface area contributed by atoms with Crippen LogP contribution in [0, 0.1) is 0 Å². The van der Waals surface area contributed by atoms with Gasteiger partial charge >= 0.3 is 0 Å². The van der Waals surface area contributed by atoms with E-state index in [4.69, 9.17) is 9.47 Å². The average Bonchev–Trinajstić information content (AvgIpc) is 2.85. The van der Waals surface area contributed by atoms with Gasteiger partial charge < -0.3 is 14.9 Å². The summed E-state index contributed by atoms with van der Waals surface area (Å²) >= 11 is 0. The van der Waals surface area contributed by atoms with Gasteiger partial charge in [0.2, 0.25) is 5.88 Å². The van der Waals surface area contributed by atoms with Gasteiger partial charge in [-0.15, -0.1) is 0 Å². The molecule has 4 aromatic rings.